The van der Waals surface area contributed by atoms with Gasteiger partial charge in [-0.1, -0.05) is 35.5 Å². The summed E-state index contributed by atoms with van der Waals surface area (Å²) in [6, 6.07) is 12.6. The highest BCUT2D eigenvalue weighted by atomic mass is 32.2. The van der Waals surface area contributed by atoms with Gasteiger partial charge in [-0.2, -0.15) is 0 Å². The van der Waals surface area contributed by atoms with Gasteiger partial charge in [-0.05, 0) is 51.0 Å². The molecule has 33 heavy (non-hydrogen) atoms. The largest absolute Gasteiger partial charge is 0.473 e. The number of hydrogen-bond acceptors (Lipinski definition) is 7. The summed E-state index contributed by atoms with van der Waals surface area (Å²) in [5.74, 6) is 0.109. The van der Waals surface area contributed by atoms with E-state index < -0.39 is 10.0 Å². The molecule has 174 valence electrons. The molecular formula is C24H27N3O5S. The summed E-state index contributed by atoms with van der Waals surface area (Å²) < 4.78 is 45.8. The minimum absolute atomic E-state index is 0.0161. The predicted molar refractivity (Wildman–Crippen MR) is 125 cm³/mol. The molecule has 2 heterocycles. The Balaban J connectivity index is 1.76. The molecule has 1 aliphatic rings. The predicted octanol–water partition coefficient (Wildman–Crippen LogP) is 4.77. The van der Waals surface area contributed by atoms with Crippen LogP contribution >= 0.6 is 0 Å². The van der Waals surface area contributed by atoms with Crippen molar-refractivity contribution in [1.82, 2.24) is 10.5 Å². The number of sulfonamides is 1. The van der Waals surface area contributed by atoms with Gasteiger partial charge in [0.2, 0.25) is 5.88 Å². The van der Waals surface area contributed by atoms with Gasteiger partial charge in [0.25, 0.3) is 10.0 Å². The number of nitrogens with one attached hydrogen (secondary N) is 2. The monoisotopic (exact) mass is 469 g/mol. The van der Waals surface area contributed by atoms with Gasteiger partial charge in [-0.15, -0.1) is 0 Å². The van der Waals surface area contributed by atoms with Crippen LogP contribution in [0.4, 0.5) is 5.88 Å². The van der Waals surface area contributed by atoms with Crippen LogP contribution in [0, 0.1) is 13.8 Å². The molecule has 0 saturated carbocycles. The van der Waals surface area contributed by atoms with Crippen molar-refractivity contribution in [2.24, 2.45) is 0 Å². The van der Waals surface area contributed by atoms with E-state index in [0.29, 0.717) is 23.4 Å². The fourth-order valence-corrected chi connectivity index (χ4v) is 4.75. The van der Waals surface area contributed by atoms with Crippen LogP contribution in [0.3, 0.4) is 0 Å². The van der Waals surface area contributed by atoms with Gasteiger partial charge in [0.15, 0.2) is 6.23 Å². The van der Waals surface area contributed by atoms with Crippen LogP contribution < -0.4 is 10.0 Å². The Kier molecular flexibility index (Phi) is 6.44. The number of aryl methyl sites for hydroxylation is 1. The SMILES string of the molecule is Cc1noc(NS(=O)(=O)c2ccccc2-c2ccc(C3NC=CO3)cc2COC(C)C)c1C. The van der Waals surface area contributed by atoms with Crippen molar-refractivity contribution in [3.63, 3.8) is 0 Å². The van der Waals surface area contributed by atoms with Gasteiger partial charge in [0, 0.05) is 22.9 Å². The lowest BCUT2D eigenvalue weighted by atomic mass is 9.97. The molecule has 1 aromatic heterocycles. The summed E-state index contributed by atoms with van der Waals surface area (Å²) in [4.78, 5) is 0.133. The molecule has 3 aromatic rings. The molecule has 0 amide bonds. The van der Waals surface area contributed by atoms with Crippen LogP contribution in [-0.2, 0) is 26.1 Å². The van der Waals surface area contributed by atoms with E-state index in [9.17, 15) is 8.42 Å². The molecule has 8 nitrogen and oxygen atoms in total. The molecule has 0 fully saturated rings. The van der Waals surface area contributed by atoms with E-state index in [1.165, 1.54) is 0 Å². The number of rotatable bonds is 8. The zero-order valence-electron chi connectivity index (χ0n) is 19.0. The standard InChI is InChI=1S/C24H27N3O5S/c1-15(2)31-14-19-13-18(24-25-11-12-30-24)9-10-20(19)21-7-5-6-8-22(21)33(28,29)27-23-16(3)17(4)26-32-23/h5-13,15,24-25,27H,14H2,1-4H3. The van der Waals surface area contributed by atoms with Crippen molar-refractivity contribution in [3.8, 4) is 11.1 Å². The Morgan fingerprint density at radius 1 is 1.15 bits per heavy atom. The fraction of sp³-hybridized carbons (Fsp3) is 0.292. The molecule has 1 atom stereocenters. The zero-order valence-corrected chi connectivity index (χ0v) is 19.8. The van der Waals surface area contributed by atoms with Gasteiger partial charge in [0.05, 0.1) is 23.3 Å². The van der Waals surface area contributed by atoms with E-state index in [4.69, 9.17) is 14.0 Å². The van der Waals surface area contributed by atoms with E-state index in [2.05, 4.69) is 15.2 Å². The molecule has 1 unspecified atom stereocenters. The van der Waals surface area contributed by atoms with E-state index in [-0.39, 0.29) is 23.1 Å². The molecule has 9 heteroatoms. The van der Waals surface area contributed by atoms with Crippen LogP contribution in [-0.4, -0.2) is 19.7 Å². The van der Waals surface area contributed by atoms with Gasteiger partial charge in [-0.25, -0.2) is 13.1 Å². The molecular weight excluding hydrogens is 442 g/mol. The van der Waals surface area contributed by atoms with Crippen LogP contribution in [0.25, 0.3) is 11.1 Å². The van der Waals surface area contributed by atoms with Crippen molar-refractivity contribution < 1.29 is 22.4 Å². The molecule has 0 radical (unpaired) electrons. The van der Waals surface area contributed by atoms with Gasteiger partial charge < -0.3 is 19.3 Å². The van der Waals surface area contributed by atoms with Crippen molar-refractivity contribution in [3.05, 3.63) is 77.3 Å². The molecule has 4 rings (SSSR count). The average molecular weight is 470 g/mol. The first-order chi connectivity index (χ1) is 15.8. The topological polar surface area (TPSA) is 103 Å². The quantitative estimate of drug-likeness (QED) is 0.490. The Bertz CT molecular complexity index is 1270. The van der Waals surface area contributed by atoms with Crippen molar-refractivity contribution in [1.29, 1.82) is 0 Å². The minimum Gasteiger partial charge on any atom is -0.473 e. The zero-order chi connectivity index (χ0) is 23.6. The third-order valence-corrected chi connectivity index (χ3v) is 6.77. The number of benzene rings is 2. The van der Waals surface area contributed by atoms with Crippen molar-refractivity contribution in [2.45, 2.75) is 51.5 Å². The van der Waals surface area contributed by atoms with E-state index >= 15 is 0 Å². The lowest BCUT2D eigenvalue weighted by Crippen LogP contribution is -2.15. The molecule has 1 aliphatic heterocycles. The maximum atomic E-state index is 13.3. The average Bonchev–Trinajstić information content (AvgIpc) is 3.44. The van der Waals surface area contributed by atoms with E-state index in [0.717, 1.165) is 16.7 Å². The summed E-state index contributed by atoms with van der Waals surface area (Å²) in [6.07, 6.45) is 3.06. The Morgan fingerprint density at radius 2 is 1.94 bits per heavy atom. The normalized spacial score (nSPS) is 15.5. The van der Waals surface area contributed by atoms with Crippen molar-refractivity contribution in [2.75, 3.05) is 4.72 Å². The molecule has 0 aliphatic carbocycles. The summed E-state index contributed by atoms with van der Waals surface area (Å²) in [5, 5.41) is 6.96. The van der Waals surface area contributed by atoms with Crippen LogP contribution in [0.1, 0.15) is 42.5 Å². The third-order valence-electron chi connectivity index (χ3n) is 5.39. The molecule has 0 bridgehead atoms. The Labute approximate surface area is 193 Å². The lowest BCUT2D eigenvalue weighted by Gasteiger charge is -2.19. The fourth-order valence-electron chi connectivity index (χ4n) is 3.48. The smallest absolute Gasteiger partial charge is 0.264 e. The second-order valence-corrected chi connectivity index (χ2v) is 9.74. The van der Waals surface area contributed by atoms with Crippen molar-refractivity contribution >= 4 is 15.9 Å². The Morgan fingerprint density at radius 3 is 2.61 bits per heavy atom. The first-order valence-corrected chi connectivity index (χ1v) is 12.1. The lowest BCUT2D eigenvalue weighted by molar-refractivity contribution is 0.0657. The van der Waals surface area contributed by atoms with Crippen LogP contribution in [0.2, 0.25) is 0 Å². The van der Waals surface area contributed by atoms with Gasteiger partial charge in [0.1, 0.15) is 6.26 Å². The van der Waals surface area contributed by atoms with Gasteiger partial charge in [-0.3, -0.25) is 0 Å². The van der Waals surface area contributed by atoms with Gasteiger partial charge >= 0.3 is 0 Å². The second-order valence-electron chi connectivity index (χ2n) is 8.09. The minimum atomic E-state index is -3.95. The van der Waals surface area contributed by atoms with Crippen LogP contribution in [0.5, 0.6) is 0 Å². The van der Waals surface area contributed by atoms with Crippen LogP contribution in [0.15, 0.2) is 64.3 Å². The maximum absolute atomic E-state index is 13.3. The Hall–Kier alpha value is -3.30. The highest BCUT2D eigenvalue weighted by molar-refractivity contribution is 7.92. The number of anilines is 1. The number of ether oxygens (including phenoxy) is 2. The first kappa shape index (κ1) is 22.9. The van der Waals surface area contributed by atoms with E-state index in [1.807, 2.05) is 38.1 Å². The second kappa shape index (κ2) is 9.29. The molecule has 2 N–H and O–H groups in total. The maximum Gasteiger partial charge on any atom is 0.264 e. The number of aromatic nitrogens is 1. The number of hydrogen-bond donors (Lipinski definition) is 2. The van der Waals surface area contributed by atoms with E-state index in [1.54, 1.807) is 44.5 Å². The summed E-state index contributed by atoms with van der Waals surface area (Å²) in [5.41, 5.74) is 4.36. The molecule has 0 spiro atoms. The molecule has 2 aromatic carbocycles. The third kappa shape index (κ3) is 4.89. The highest BCUT2D eigenvalue weighted by Crippen LogP contribution is 2.34. The molecule has 0 saturated heterocycles. The summed E-state index contributed by atoms with van der Waals surface area (Å²) in [6.45, 7) is 7.75. The summed E-state index contributed by atoms with van der Waals surface area (Å²) in [7, 11) is -3.95. The first-order valence-electron chi connectivity index (χ1n) is 10.6. The highest BCUT2D eigenvalue weighted by Gasteiger charge is 2.24. The number of nitrogens with zero attached hydrogens (tertiary/aromatic N) is 1. The summed E-state index contributed by atoms with van der Waals surface area (Å²) >= 11 is 0.